The predicted octanol–water partition coefficient (Wildman–Crippen LogP) is 0.292. The number of nitrogens with zero attached hydrogens (tertiary/aromatic N) is 2. The van der Waals surface area contributed by atoms with Crippen molar-refractivity contribution in [1.29, 1.82) is 0 Å². The summed E-state index contributed by atoms with van der Waals surface area (Å²) in [4.78, 5) is 18.9. The number of likely N-dealkylation sites (tertiary alicyclic amines) is 1. The van der Waals surface area contributed by atoms with Crippen LogP contribution in [0.25, 0.3) is 0 Å². The van der Waals surface area contributed by atoms with Crippen LogP contribution < -0.4 is 10.1 Å². The van der Waals surface area contributed by atoms with Crippen LogP contribution in [-0.2, 0) is 4.74 Å². The number of hydrogen-bond acceptors (Lipinski definition) is 6. The van der Waals surface area contributed by atoms with Gasteiger partial charge in [0, 0.05) is 63.2 Å². The van der Waals surface area contributed by atoms with Gasteiger partial charge in [0.2, 0.25) is 5.88 Å². The molecule has 0 radical (unpaired) electrons. The van der Waals surface area contributed by atoms with Crippen molar-refractivity contribution in [2.75, 3.05) is 40.0 Å². The van der Waals surface area contributed by atoms with Gasteiger partial charge in [0.1, 0.15) is 0 Å². The maximum absolute atomic E-state index is 12.4. The van der Waals surface area contributed by atoms with Crippen molar-refractivity contribution in [3.8, 4) is 5.88 Å². The molecule has 3 rings (SSSR count). The third-order valence-corrected chi connectivity index (χ3v) is 4.94. The minimum atomic E-state index is -0.164. The van der Waals surface area contributed by atoms with Gasteiger partial charge in [0.05, 0.1) is 12.7 Å². The minimum Gasteiger partial charge on any atom is -0.481 e. The second-order valence-electron chi connectivity index (χ2n) is 6.41. The number of carbonyl (C=O) groups is 1. The number of nitrogens with one attached hydrogen (secondary N) is 1. The van der Waals surface area contributed by atoms with Crippen molar-refractivity contribution in [3.63, 3.8) is 0 Å². The van der Waals surface area contributed by atoms with Crippen molar-refractivity contribution in [3.05, 3.63) is 23.9 Å². The average molecular weight is 335 g/mol. The maximum Gasteiger partial charge on any atom is 0.253 e. The van der Waals surface area contributed by atoms with Gasteiger partial charge in [0.15, 0.2) is 0 Å². The maximum atomic E-state index is 12.4. The third-order valence-electron chi connectivity index (χ3n) is 4.94. The molecule has 0 unspecified atom stereocenters. The summed E-state index contributed by atoms with van der Waals surface area (Å²) in [7, 11) is 1.54. The van der Waals surface area contributed by atoms with Crippen molar-refractivity contribution in [2.24, 2.45) is 5.92 Å². The molecule has 1 aromatic heterocycles. The fourth-order valence-corrected chi connectivity index (χ4v) is 3.49. The van der Waals surface area contributed by atoms with Crippen molar-refractivity contribution >= 4 is 5.91 Å². The third kappa shape index (κ3) is 3.85. The van der Waals surface area contributed by atoms with Crippen molar-refractivity contribution < 1.29 is 19.4 Å². The number of methoxy groups -OCH3 is 1. The quantitative estimate of drug-likeness (QED) is 0.805. The first kappa shape index (κ1) is 17.1. The lowest BCUT2D eigenvalue weighted by Gasteiger charge is -2.31. The summed E-state index contributed by atoms with van der Waals surface area (Å²) in [5, 5.41) is 12.7. The van der Waals surface area contributed by atoms with Crippen LogP contribution in [0.5, 0.6) is 5.88 Å². The molecule has 2 aliphatic heterocycles. The summed E-state index contributed by atoms with van der Waals surface area (Å²) in [6, 6.07) is 3.80. The van der Waals surface area contributed by atoms with Crippen LogP contribution in [-0.4, -0.2) is 73.0 Å². The lowest BCUT2D eigenvalue weighted by atomic mass is 10.0. The molecule has 2 saturated heterocycles. The molecule has 132 valence electrons. The predicted molar refractivity (Wildman–Crippen MR) is 88.0 cm³/mol. The van der Waals surface area contributed by atoms with E-state index in [1.807, 2.05) is 0 Å². The van der Waals surface area contributed by atoms with E-state index in [0.717, 1.165) is 39.1 Å². The standard InChI is InChI=1S/C17H25N3O4/c1-23-16-3-2-12(8-18-16)17(22)19-15-10-20(9-13(15)11-21)14-4-6-24-7-5-14/h2-3,8,13-15,21H,4-7,9-11H2,1H3,(H,19,22)/t13-,15+/m0/s1. The highest BCUT2D eigenvalue weighted by atomic mass is 16.5. The number of aliphatic hydroxyl groups is 1. The van der Waals surface area contributed by atoms with Crippen LogP contribution in [0.2, 0.25) is 0 Å². The Morgan fingerprint density at radius 2 is 2.21 bits per heavy atom. The topological polar surface area (TPSA) is 83.9 Å². The van der Waals surface area contributed by atoms with Crippen LogP contribution >= 0.6 is 0 Å². The van der Waals surface area contributed by atoms with Crippen LogP contribution in [0.15, 0.2) is 18.3 Å². The van der Waals surface area contributed by atoms with Gasteiger partial charge in [-0.2, -0.15) is 0 Å². The Morgan fingerprint density at radius 3 is 2.83 bits per heavy atom. The first-order valence-electron chi connectivity index (χ1n) is 8.45. The molecular weight excluding hydrogens is 310 g/mol. The average Bonchev–Trinajstić information content (AvgIpc) is 3.05. The number of amides is 1. The lowest BCUT2D eigenvalue weighted by molar-refractivity contribution is 0.0398. The lowest BCUT2D eigenvalue weighted by Crippen LogP contribution is -2.43. The van der Waals surface area contributed by atoms with Crippen LogP contribution in [0, 0.1) is 5.92 Å². The van der Waals surface area contributed by atoms with E-state index in [1.54, 1.807) is 12.1 Å². The first-order valence-corrected chi connectivity index (χ1v) is 8.45. The van der Waals surface area contributed by atoms with E-state index in [4.69, 9.17) is 9.47 Å². The molecule has 1 amide bonds. The first-order chi connectivity index (χ1) is 11.7. The second-order valence-corrected chi connectivity index (χ2v) is 6.41. The van der Waals surface area contributed by atoms with Gasteiger partial charge in [-0.25, -0.2) is 4.98 Å². The Hall–Kier alpha value is -1.70. The Labute approximate surface area is 142 Å². The molecule has 24 heavy (non-hydrogen) atoms. The SMILES string of the molecule is COc1ccc(C(=O)N[C@@H]2CN(C3CCOCC3)C[C@H]2CO)cn1. The zero-order valence-corrected chi connectivity index (χ0v) is 14.0. The minimum absolute atomic E-state index is 0.0487. The highest BCUT2D eigenvalue weighted by Crippen LogP contribution is 2.24. The number of ether oxygens (including phenoxy) is 2. The number of pyridine rings is 1. The molecule has 7 heteroatoms. The van der Waals surface area contributed by atoms with E-state index in [1.165, 1.54) is 13.3 Å². The summed E-state index contributed by atoms with van der Waals surface area (Å²) >= 11 is 0. The fourth-order valence-electron chi connectivity index (χ4n) is 3.49. The molecule has 0 bridgehead atoms. The Balaban J connectivity index is 1.60. The molecule has 7 nitrogen and oxygen atoms in total. The van der Waals surface area contributed by atoms with Gasteiger partial charge in [-0.3, -0.25) is 9.69 Å². The number of aromatic nitrogens is 1. The molecule has 0 spiro atoms. The molecule has 2 atom stereocenters. The van der Waals surface area contributed by atoms with Gasteiger partial charge >= 0.3 is 0 Å². The Morgan fingerprint density at radius 1 is 1.42 bits per heavy atom. The molecule has 2 aliphatic rings. The monoisotopic (exact) mass is 335 g/mol. The molecule has 3 heterocycles. The summed E-state index contributed by atoms with van der Waals surface area (Å²) < 4.78 is 10.4. The van der Waals surface area contributed by atoms with Crippen LogP contribution in [0.3, 0.4) is 0 Å². The Kier molecular flexibility index (Phi) is 5.65. The van der Waals surface area contributed by atoms with Gasteiger partial charge in [-0.1, -0.05) is 0 Å². The molecule has 2 fully saturated rings. The number of rotatable bonds is 5. The summed E-state index contributed by atoms with van der Waals surface area (Å²) in [6.45, 7) is 3.24. The van der Waals surface area contributed by atoms with Gasteiger partial charge in [-0.05, 0) is 18.9 Å². The number of aliphatic hydroxyl groups excluding tert-OH is 1. The number of carbonyl (C=O) groups excluding carboxylic acids is 1. The summed E-state index contributed by atoms with van der Waals surface area (Å²) in [5.41, 5.74) is 0.497. The van der Waals surface area contributed by atoms with Crippen molar-refractivity contribution in [1.82, 2.24) is 15.2 Å². The number of hydrogen-bond donors (Lipinski definition) is 2. The fraction of sp³-hybridized carbons (Fsp3) is 0.647. The normalized spacial score (nSPS) is 25.6. The van der Waals surface area contributed by atoms with E-state index in [-0.39, 0.29) is 24.5 Å². The smallest absolute Gasteiger partial charge is 0.253 e. The Bertz CT molecular complexity index is 545. The van der Waals surface area contributed by atoms with E-state index < -0.39 is 0 Å². The van der Waals surface area contributed by atoms with Crippen LogP contribution in [0.1, 0.15) is 23.2 Å². The highest BCUT2D eigenvalue weighted by molar-refractivity contribution is 5.94. The second kappa shape index (κ2) is 7.92. The zero-order chi connectivity index (χ0) is 16.9. The summed E-state index contributed by atoms with van der Waals surface area (Å²) in [5.74, 6) is 0.372. The molecule has 0 aromatic carbocycles. The molecular formula is C17H25N3O4. The van der Waals surface area contributed by atoms with Gasteiger partial charge < -0.3 is 19.9 Å². The molecule has 0 aliphatic carbocycles. The van der Waals surface area contributed by atoms with Crippen molar-refractivity contribution in [2.45, 2.75) is 24.9 Å². The molecule has 1 aromatic rings. The van der Waals surface area contributed by atoms with Gasteiger partial charge in [0.25, 0.3) is 5.91 Å². The van der Waals surface area contributed by atoms with E-state index in [2.05, 4.69) is 15.2 Å². The van der Waals surface area contributed by atoms with E-state index in [9.17, 15) is 9.90 Å². The zero-order valence-electron chi connectivity index (χ0n) is 14.0. The van der Waals surface area contributed by atoms with E-state index in [0.29, 0.717) is 17.5 Å². The van der Waals surface area contributed by atoms with Crippen LogP contribution in [0.4, 0.5) is 0 Å². The summed E-state index contributed by atoms with van der Waals surface area (Å²) in [6.07, 6.45) is 3.54. The van der Waals surface area contributed by atoms with Gasteiger partial charge in [-0.15, -0.1) is 0 Å². The highest BCUT2D eigenvalue weighted by Gasteiger charge is 2.37. The largest absolute Gasteiger partial charge is 0.481 e. The molecule has 2 N–H and O–H groups in total. The molecule has 0 saturated carbocycles. The van der Waals surface area contributed by atoms with E-state index >= 15 is 0 Å².